The van der Waals surface area contributed by atoms with Crippen LogP contribution in [-0.4, -0.2) is 20.6 Å². The number of nitrogens with zero attached hydrogens (tertiary/aromatic N) is 3. The summed E-state index contributed by atoms with van der Waals surface area (Å²) in [5.41, 5.74) is 5.95. The first-order valence-corrected chi connectivity index (χ1v) is 11.6. The number of aryl methyl sites for hydroxylation is 1. The minimum atomic E-state index is -0.138. The quantitative estimate of drug-likeness (QED) is 0.389. The summed E-state index contributed by atoms with van der Waals surface area (Å²) in [4.78, 5) is 18.2. The molecule has 1 saturated heterocycles. The van der Waals surface area contributed by atoms with Gasteiger partial charge in [-0.3, -0.25) is 9.78 Å². The van der Waals surface area contributed by atoms with Crippen LogP contribution in [0.15, 0.2) is 91.1 Å². The Morgan fingerprint density at radius 2 is 1.68 bits per heavy atom. The number of carbonyl (C=O) groups is 1. The second-order valence-corrected chi connectivity index (χ2v) is 8.68. The summed E-state index contributed by atoms with van der Waals surface area (Å²) in [6, 6.07) is 28.1. The van der Waals surface area contributed by atoms with Crippen molar-refractivity contribution in [1.29, 1.82) is 0 Å². The molecular weight excluding hydrogens is 442 g/mol. The van der Waals surface area contributed by atoms with Crippen LogP contribution in [0.4, 0.5) is 11.4 Å². The van der Waals surface area contributed by atoms with Crippen LogP contribution in [0.1, 0.15) is 36.1 Å². The van der Waals surface area contributed by atoms with Crippen molar-refractivity contribution in [2.45, 2.75) is 25.9 Å². The number of thiocarbonyl (C=S) groups is 1. The molecular formula is C27H25N5OS. The average molecular weight is 468 g/mol. The van der Waals surface area contributed by atoms with E-state index in [0.29, 0.717) is 5.11 Å². The van der Waals surface area contributed by atoms with E-state index in [-0.39, 0.29) is 18.0 Å². The molecule has 2 unspecified atom stereocenters. The molecule has 3 heterocycles. The van der Waals surface area contributed by atoms with Crippen molar-refractivity contribution in [3.63, 3.8) is 0 Å². The fourth-order valence-corrected chi connectivity index (χ4v) is 4.91. The molecule has 0 aliphatic carbocycles. The van der Waals surface area contributed by atoms with Crippen LogP contribution in [0.3, 0.4) is 0 Å². The molecule has 0 spiro atoms. The Kier molecular flexibility index (Phi) is 5.86. The van der Waals surface area contributed by atoms with Gasteiger partial charge in [0.15, 0.2) is 5.11 Å². The number of nitrogens with one attached hydrogen (secondary N) is 2. The second kappa shape index (κ2) is 9.11. The molecule has 1 aliphatic rings. The second-order valence-electron chi connectivity index (χ2n) is 8.30. The van der Waals surface area contributed by atoms with Crippen molar-refractivity contribution in [3.8, 4) is 5.69 Å². The van der Waals surface area contributed by atoms with Gasteiger partial charge in [-0.25, -0.2) is 0 Å². The zero-order valence-electron chi connectivity index (χ0n) is 19.0. The van der Waals surface area contributed by atoms with E-state index >= 15 is 0 Å². The normalized spacial score (nSPS) is 17.5. The summed E-state index contributed by atoms with van der Waals surface area (Å²) in [7, 11) is 0. The molecule has 7 heteroatoms. The first-order chi connectivity index (χ1) is 16.5. The molecule has 34 heavy (non-hydrogen) atoms. The number of anilines is 2. The van der Waals surface area contributed by atoms with Gasteiger partial charge in [0.05, 0.1) is 11.7 Å². The minimum absolute atomic E-state index is 0.102. The van der Waals surface area contributed by atoms with Gasteiger partial charge in [0.25, 0.3) is 0 Å². The maximum atomic E-state index is 11.5. The number of aromatic nitrogens is 2. The molecule has 2 aromatic carbocycles. The first kappa shape index (κ1) is 21.9. The molecule has 0 bridgehead atoms. The van der Waals surface area contributed by atoms with E-state index in [2.05, 4.69) is 56.3 Å². The van der Waals surface area contributed by atoms with E-state index in [1.54, 1.807) is 0 Å². The van der Waals surface area contributed by atoms with E-state index in [1.165, 1.54) is 6.92 Å². The molecule has 1 aliphatic heterocycles. The predicted molar refractivity (Wildman–Crippen MR) is 139 cm³/mol. The molecule has 1 fully saturated rings. The number of hydrogen-bond donors (Lipinski definition) is 2. The Morgan fingerprint density at radius 3 is 2.35 bits per heavy atom. The lowest BCUT2D eigenvalue weighted by atomic mass is 10.0. The predicted octanol–water partition coefficient (Wildman–Crippen LogP) is 5.32. The van der Waals surface area contributed by atoms with E-state index in [4.69, 9.17) is 12.2 Å². The van der Waals surface area contributed by atoms with Crippen molar-refractivity contribution in [1.82, 2.24) is 14.9 Å². The molecule has 170 valence electrons. The Labute approximate surface area is 204 Å². The first-order valence-electron chi connectivity index (χ1n) is 11.1. The van der Waals surface area contributed by atoms with Crippen LogP contribution in [-0.2, 0) is 4.79 Å². The third-order valence-electron chi connectivity index (χ3n) is 5.99. The van der Waals surface area contributed by atoms with Crippen molar-refractivity contribution in [2.24, 2.45) is 0 Å². The molecule has 5 rings (SSSR count). The van der Waals surface area contributed by atoms with E-state index in [1.807, 2.05) is 66.9 Å². The van der Waals surface area contributed by atoms with Crippen LogP contribution in [0.5, 0.6) is 0 Å². The van der Waals surface area contributed by atoms with E-state index in [0.717, 1.165) is 34.1 Å². The van der Waals surface area contributed by atoms with E-state index < -0.39 is 0 Å². The van der Waals surface area contributed by atoms with Gasteiger partial charge in [0, 0.05) is 41.6 Å². The number of hydrogen-bond acceptors (Lipinski definition) is 3. The molecule has 4 aromatic rings. The van der Waals surface area contributed by atoms with Crippen LogP contribution in [0.2, 0.25) is 0 Å². The summed E-state index contributed by atoms with van der Waals surface area (Å²) in [5, 5.41) is 6.97. The molecule has 6 nitrogen and oxygen atoms in total. The van der Waals surface area contributed by atoms with Gasteiger partial charge in [-0.1, -0.05) is 24.3 Å². The maximum absolute atomic E-state index is 11.5. The largest absolute Gasteiger partial charge is 0.351 e. The van der Waals surface area contributed by atoms with Crippen LogP contribution < -0.4 is 15.5 Å². The Morgan fingerprint density at radius 1 is 0.941 bits per heavy atom. The Hall–Kier alpha value is -3.97. The number of amides is 1. The van der Waals surface area contributed by atoms with Crippen molar-refractivity contribution < 1.29 is 4.79 Å². The van der Waals surface area contributed by atoms with Gasteiger partial charge in [-0.2, -0.15) is 0 Å². The summed E-state index contributed by atoms with van der Waals surface area (Å²) >= 11 is 5.85. The van der Waals surface area contributed by atoms with E-state index in [9.17, 15) is 4.79 Å². The number of carbonyl (C=O) groups excluding carboxylic acids is 1. The molecule has 2 N–H and O–H groups in total. The maximum Gasteiger partial charge on any atom is 0.221 e. The fourth-order valence-electron chi connectivity index (χ4n) is 4.56. The number of rotatable bonds is 5. The van der Waals surface area contributed by atoms with Crippen LogP contribution >= 0.6 is 12.2 Å². The zero-order chi connectivity index (χ0) is 23.7. The van der Waals surface area contributed by atoms with Crippen LogP contribution in [0.25, 0.3) is 5.69 Å². The molecule has 1 amide bonds. The summed E-state index contributed by atoms with van der Waals surface area (Å²) in [6.07, 6.45) is 1.81. The number of pyridine rings is 1. The number of benzene rings is 2. The fraction of sp³-hybridized carbons (Fsp3) is 0.148. The summed E-state index contributed by atoms with van der Waals surface area (Å²) < 4.78 is 2.27. The van der Waals surface area contributed by atoms with Crippen molar-refractivity contribution in [3.05, 3.63) is 108 Å². The lowest BCUT2D eigenvalue weighted by Gasteiger charge is -2.29. The highest BCUT2D eigenvalue weighted by molar-refractivity contribution is 7.80. The highest BCUT2D eigenvalue weighted by atomic mass is 32.1. The van der Waals surface area contributed by atoms with Gasteiger partial charge in [0.1, 0.15) is 6.04 Å². The SMILES string of the molecule is CC(=O)Nc1ccc(N2C(=S)NC(c3ccccn3)C2c2ccc(C)n2-c2ccccc2)cc1. The Balaban J connectivity index is 1.64. The van der Waals surface area contributed by atoms with Gasteiger partial charge in [-0.05, 0) is 79.8 Å². The minimum Gasteiger partial charge on any atom is -0.351 e. The lowest BCUT2D eigenvalue weighted by molar-refractivity contribution is -0.114. The van der Waals surface area contributed by atoms with Crippen LogP contribution in [0, 0.1) is 6.92 Å². The third-order valence-corrected chi connectivity index (χ3v) is 6.30. The zero-order valence-corrected chi connectivity index (χ0v) is 19.8. The lowest BCUT2D eigenvalue weighted by Crippen LogP contribution is -2.30. The third kappa shape index (κ3) is 4.06. The average Bonchev–Trinajstić information content (AvgIpc) is 3.39. The standard InChI is InChI=1S/C27H25N5OS/c1-18-11-16-24(31(18)21-8-4-3-5-9-21)26-25(23-10-6-7-17-28-23)30-27(34)32(26)22-14-12-20(13-15-22)29-19(2)33/h3-17,25-26H,1-2H3,(H,29,33)(H,30,34). The van der Waals surface area contributed by atoms with Gasteiger partial charge in [-0.15, -0.1) is 0 Å². The molecule has 0 radical (unpaired) electrons. The molecule has 2 aromatic heterocycles. The Bertz CT molecular complexity index is 1320. The topological polar surface area (TPSA) is 62.2 Å². The van der Waals surface area contributed by atoms with Crippen molar-refractivity contribution >= 4 is 34.6 Å². The van der Waals surface area contributed by atoms with Gasteiger partial charge < -0.3 is 20.1 Å². The monoisotopic (exact) mass is 467 g/mol. The highest BCUT2D eigenvalue weighted by Crippen LogP contribution is 2.42. The van der Waals surface area contributed by atoms with Gasteiger partial charge in [0.2, 0.25) is 5.91 Å². The van der Waals surface area contributed by atoms with Crippen molar-refractivity contribution in [2.75, 3.05) is 10.2 Å². The molecule has 0 saturated carbocycles. The summed E-state index contributed by atoms with van der Waals surface area (Å²) in [6.45, 7) is 3.61. The van der Waals surface area contributed by atoms with Gasteiger partial charge >= 0.3 is 0 Å². The number of para-hydroxylation sites is 1. The summed E-state index contributed by atoms with van der Waals surface area (Å²) in [5.74, 6) is -0.102. The highest BCUT2D eigenvalue weighted by Gasteiger charge is 2.42. The molecule has 2 atom stereocenters. The smallest absolute Gasteiger partial charge is 0.221 e.